The molecule has 0 fully saturated rings. The molecule has 1 unspecified atom stereocenters. The third kappa shape index (κ3) is 4.22. The molecule has 22 heavy (non-hydrogen) atoms. The first-order valence-electron chi connectivity index (χ1n) is 7.38. The molecule has 1 atom stereocenters. The molecule has 0 saturated heterocycles. The highest BCUT2D eigenvalue weighted by Gasteiger charge is 2.15. The lowest BCUT2D eigenvalue weighted by Gasteiger charge is -2.20. The summed E-state index contributed by atoms with van der Waals surface area (Å²) in [4.78, 5) is 11.4. The zero-order valence-electron chi connectivity index (χ0n) is 12.7. The zero-order valence-corrected chi connectivity index (χ0v) is 12.7. The second-order valence-corrected chi connectivity index (χ2v) is 4.84. The van der Waals surface area contributed by atoms with Gasteiger partial charge in [0.05, 0.1) is 0 Å². The Kier molecular flexibility index (Phi) is 5.78. The maximum absolute atomic E-state index is 11.4. The van der Waals surface area contributed by atoms with Crippen molar-refractivity contribution in [3.05, 3.63) is 67.3 Å². The van der Waals surface area contributed by atoms with Gasteiger partial charge in [-0.15, -0.1) is 0 Å². The van der Waals surface area contributed by atoms with Crippen LogP contribution in [0.4, 0.5) is 0 Å². The SMILES string of the molecule is C=CC(=O)OC(CCC)Oc1ccccc1-c1ccccc1. The number of carbonyl (C=O) groups excluding carboxylic acids is 1. The largest absolute Gasteiger partial charge is 0.454 e. The van der Waals surface area contributed by atoms with E-state index >= 15 is 0 Å². The van der Waals surface area contributed by atoms with Crippen LogP contribution in [0.2, 0.25) is 0 Å². The molecule has 0 aliphatic heterocycles. The molecule has 0 heterocycles. The highest BCUT2D eigenvalue weighted by atomic mass is 16.7. The van der Waals surface area contributed by atoms with E-state index in [4.69, 9.17) is 9.47 Å². The van der Waals surface area contributed by atoms with Gasteiger partial charge in [0.2, 0.25) is 6.29 Å². The Morgan fingerprint density at radius 1 is 1.14 bits per heavy atom. The van der Waals surface area contributed by atoms with Crippen LogP contribution in [0, 0.1) is 0 Å². The summed E-state index contributed by atoms with van der Waals surface area (Å²) in [7, 11) is 0. The van der Waals surface area contributed by atoms with Gasteiger partial charge in [-0.2, -0.15) is 0 Å². The first kappa shape index (κ1) is 15.8. The lowest BCUT2D eigenvalue weighted by atomic mass is 10.0. The first-order valence-corrected chi connectivity index (χ1v) is 7.38. The summed E-state index contributed by atoms with van der Waals surface area (Å²) >= 11 is 0. The summed E-state index contributed by atoms with van der Waals surface area (Å²) in [6.07, 6.45) is 2.01. The van der Waals surface area contributed by atoms with Crippen LogP contribution in [0.5, 0.6) is 5.75 Å². The van der Waals surface area contributed by atoms with E-state index < -0.39 is 12.3 Å². The average molecular weight is 296 g/mol. The van der Waals surface area contributed by atoms with Crippen LogP contribution in [-0.4, -0.2) is 12.3 Å². The molecule has 0 aliphatic carbocycles. The van der Waals surface area contributed by atoms with E-state index in [9.17, 15) is 4.79 Å². The van der Waals surface area contributed by atoms with Gasteiger partial charge in [0.15, 0.2) is 0 Å². The smallest absolute Gasteiger partial charge is 0.333 e. The summed E-state index contributed by atoms with van der Waals surface area (Å²) in [5.41, 5.74) is 2.03. The summed E-state index contributed by atoms with van der Waals surface area (Å²) in [5, 5.41) is 0. The van der Waals surface area contributed by atoms with E-state index in [0.29, 0.717) is 12.2 Å². The predicted molar refractivity (Wildman–Crippen MR) is 87.5 cm³/mol. The quantitative estimate of drug-likeness (QED) is 0.426. The third-order valence-electron chi connectivity index (χ3n) is 3.17. The van der Waals surface area contributed by atoms with Crippen molar-refractivity contribution < 1.29 is 14.3 Å². The second-order valence-electron chi connectivity index (χ2n) is 4.84. The average Bonchev–Trinajstić information content (AvgIpc) is 2.56. The fourth-order valence-electron chi connectivity index (χ4n) is 2.12. The van der Waals surface area contributed by atoms with Crippen LogP contribution in [0.3, 0.4) is 0 Å². The minimum atomic E-state index is -0.611. The van der Waals surface area contributed by atoms with Crippen molar-refractivity contribution in [2.75, 3.05) is 0 Å². The Morgan fingerprint density at radius 3 is 2.50 bits per heavy atom. The van der Waals surface area contributed by atoms with Crippen molar-refractivity contribution in [3.63, 3.8) is 0 Å². The van der Waals surface area contributed by atoms with Crippen molar-refractivity contribution in [2.45, 2.75) is 26.1 Å². The molecule has 2 aromatic rings. The van der Waals surface area contributed by atoms with E-state index in [-0.39, 0.29) is 0 Å². The molecule has 0 radical (unpaired) electrons. The van der Waals surface area contributed by atoms with Crippen LogP contribution in [0.1, 0.15) is 19.8 Å². The van der Waals surface area contributed by atoms with Crippen LogP contribution in [-0.2, 0) is 9.53 Å². The molecule has 0 N–H and O–H groups in total. The maximum Gasteiger partial charge on any atom is 0.333 e. The van der Waals surface area contributed by atoms with E-state index in [1.165, 1.54) is 0 Å². The second kappa shape index (κ2) is 8.03. The number of ether oxygens (including phenoxy) is 2. The molecule has 2 rings (SSSR count). The summed E-state index contributed by atoms with van der Waals surface area (Å²) in [6.45, 7) is 5.43. The normalized spacial score (nSPS) is 11.5. The fourth-order valence-corrected chi connectivity index (χ4v) is 2.12. The standard InChI is InChI=1S/C19H20O3/c1-3-10-19(22-18(20)4-2)21-17-14-9-8-13-16(17)15-11-6-5-7-12-15/h4-9,11-14,19H,2-3,10H2,1H3. The number of benzene rings is 2. The Bertz CT molecular complexity index is 620. The molecule has 114 valence electrons. The van der Waals surface area contributed by atoms with E-state index in [2.05, 4.69) is 6.58 Å². The van der Waals surface area contributed by atoms with E-state index in [1.54, 1.807) is 0 Å². The maximum atomic E-state index is 11.4. The van der Waals surface area contributed by atoms with Gasteiger partial charge in [0.1, 0.15) is 5.75 Å². The Hall–Kier alpha value is -2.55. The molecule has 3 heteroatoms. The highest BCUT2D eigenvalue weighted by molar-refractivity contribution is 5.81. The van der Waals surface area contributed by atoms with Gasteiger partial charge in [0.25, 0.3) is 0 Å². The van der Waals surface area contributed by atoms with Crippen molar-refractivity contribution >= 4 is 5.97 Å². The minimum Gasteiger partial charge on any atom is -0.454 e. The van der Waals surface area contributed by atoms with Gasteiger partial charge >= 0.3 is 5.97 Å². The highest BCUT2D eigenvalue weighted by Crippen LogP contribution is 2.30. The molecular weight excluding hydrogens is 276 g/mol. The van der Waals surface area contributed by atoms with E-state index in [1.807, 2.05) is 61.5 Å². The van der Waals surface area contributed by atoms with Gasteiger partial charge in [-0.1, -0.05) is 62.0 Å². The molecule has 2 aromatic carbocycles. The number of esters is 1. The lowest BCUT2D eigenvalue weighted by molar-refractivity contribution is -0.158. The van der Waals surface area contributed by atoms with Crippen molar-refractivity contribution in [2.24, 2.45) is 0 Å². The van der Waals surface area contributed by atoms with Gasteiger partial charge in [-0.25, -0.2) is 4.79 Å². The molecule has 0 spiro atoms. The first-order chi connectivity index (χ1) is 10.7. The summed E-state index contributed by atoms with van der Waals surface area (Å²) in [6, 6.07) is 17.7. The molecule has 3 nitrogen and oxygen atoms in total. The van der Waals surface area contributed by atoms with Crippen LogP contribution in [0.15, 0.2) is 67.3 Å². The monoisotopic (exact) mass is 296 g/mol. The fraction of sp³-hybridized carbons (Fsp3) is 0.211. The molecule has 0 aromatic heterocycles. The Labute approximate surface area is 131 Å². The lowest BCUT2D eigenvalue weighted by Crippen LogP contribution is -2.23. The molecule has 0 aliphatic rings. The molecular formula is C19H20O3. The van der Waals surface area contributed by atoms with Gasteiger partial charge in [-0.3, -0.25) is 0 Å². The number of hydrogen-bond acceptors (Lipinski definition) is 3. The van der Waals surface area contributed by atoms with Gasteiger partial charge in [-0.05, 0) is 18.1 Å². The molecule has 0 saturated carbocycles. The van der Waals surface area contributed by atoms with Gasteiger partial charge in [0, 0.05) is 18.1 Å². The minimum absolute atomic E-state index is 0.476. The van der Waals surface area contributed by atoms with Crippen LogP contribution in [0.25, 0.3) is 11.1 Å². The van der Waals surface area contributed by atoms with Crippen molar-refractivity contribution in [3.8, 4) is 16.9 Å². The summed E-state index contributed by atoms with van der Waals surface area (Å²) < 4.78 is 11.2. The van der Waals surface area contributed by atoms with E-state index in [0.717, 1.165) is 23.6 Å². The van der Waals surface area contributed by atoms with Crippen molar-refractivity contribution in [1.82, 2.24) is 0 Å². The topological polar surface area (TPSA) is 35.5 Å². The van der Waals surface area contributed by atoms with Crippen LogP contribution >= 0.6 is 0 Å². The number of carbonyl (C=O) groups is 1. The van der Waals surface area contributed by atoms with Gasteiger partial charge < -0.3 is 9.47 Å². The molecule has 0 amide bonds. The number of hydrogen-bond donors (Lipinski definition) is 0. The van der Waals surface area contributed by atoms with Crippen molar-refractivity contribution in [1.29, 1.82) is 0 Å². The van der Waals surface area contributed by atoms with Crippen LogP contribution < -0.4 is 4.74 Å². The third-order valence-corrected chi connectivity index (χ3v) is 3.17. The summed E-state index contributed by atoms with van der Waals surface area (Å²) in [5.74, 6) is 0.222. The zero-order chi connectivity index (χ0) is 15.8. The number of rotatable bonds is 7. The number of para-hydroxylation sites is 1. The Balaban J connectivity index is 2.24. The molecule has 0 bridgehead atoms. The Morgan fingerprint density at radius 2 is 1.82 bits per heavy atom. The predicted octanol–water partition coefficient (Wildman–Crippen LogP) is 4.59.